The Hall–Kier alpha value is -2.82. The number of hydrogen-bond donors (Lipinski definition) is 0. The lowest BCUT2D eigenvalue weighted by Crippen LogP contribution is -2.46. The van der Waals surface area contributed by atoms with Gasteiger partial charge < -0.3 is 14.5 Å². The Balaban J connectivity index is 1.33. The van der Waals surface area contributed by atoms with E-state index in [0.29, 0.717) is 19.5 Å². The van der Waals surface area contributed by atoms with Crippen LogP contribution in [0.1, 0.15) is 30.4 Å². The number of fused-ring (bicyclic) bond motifs is 1. The predicted octanol–water partition coefficient (Wildman–Crippen LogP) is 3.46. The van der Waals surface area contributed by atoms with E-state index in [9.17, 15) is 9.59 Å². The maximum absolute atomic E-state index is 13.2. The number of anilines is 1. The second-order valence-corrected chi connectivity index (χ2v) is 7.90. The number of nitrogens with zero attached hydrogens (tertiary/aromatic N) is 2. The van der Waals surface area contributed by atoms with Crippen molar-refractivity contribution in [3.8, 4) is 5.75 Å². The van der Waals surface area contributed by atoms with Crippen LogP contribution in [0.15, 0.2) is 48.5 Å². The molecule has 2 aromatic carbocycles. The van der Waals surface area contributed by atoms with E-state index < -0.39 is 0 Å². The zero-order chi connectivity index (χ0) is 20.2. The van der Waals surface area contributed by atoms with Gasteiger partial charge in [0.1, 0.15) is 5.75 Å². The fraction of sp³-hybridized carbons (Fsp3) is 0.417. The van der Waals surface area contributed by atoms with E-state index in [0.717, 1.165) is 49.2 Å². The number of rotatable bonds is 4. The van der Waals surface area contributed by atoms with Crippen LogP contribution in [0, 0.1) is 5.92 Å². The first-order valence-corrected chi connectivity index (χ1v) is 10.5. The summed E-state index contributed by atoms with van der Waals surface area (Å²) in [5.74, 6) is 1.15. The highest BCUT2D eigenvalue weighted by molar-refractivity contribution is 5.96. The van der Waals surface area contributed by atoms with Crippen molar-refractivity contribution in [2.75, 3.05) is 31.6 Å². The molecule has 0 bridgehead atoms. The van der Waals surface area contributed by atoms with Crippen molar-refractivity contribution < 1.29 is 14.3 Å². The number of methoxy groups -OCH3 is 1. The average Bonchev–Trinajstić information content (AvgIpc) is 2.79. The number of amides is 2. The van der Waals surface area contributed by atoms with Gasteiger partial charge >= 0.3 is 0 Å². The molecule has 5 heteroatoms. The molecule has 0 unspecified atom stereocenters. The summed E-state index contributed by atoms with van der Waals surface area (Å²) in [5, 5.41) is 0. The van der Waals surface area contributed by atoms with Crippen LogP contribution in [0.5, 0.6) is 5.75 Å². The molecule has 0 atom stereocenters. The van der Waals surface area contributed by atoms with E-state index in [1.807, 2.05) is 46.2 Å². The number of carbonyl (C=O) groups excluding carboxylic acids is 2. The lowest BCUT2D eigenvalue weighted by molar-refractivity contribution is -0.134. The van der Waals surface area contributed by atoms with Crippen LogP contribution >= 0.6 is 0 Å². The molecule has 0 aromatic heterocycles. The molecule has 0 spiro atoms. The lowest BCUT2D eigenvalue weighted by atomic mass is 9.92. The number of aryl methyl sites for hydroxylation is 1. The minimum atomic E-state index is 0.00573. The van der Waals surface area contributed by atoms with Crippen LogP contribution < -0.4 is 9.64 Å². The Kier molecular flexibility index (Phi) is 5.84. The zero-order valence-electron chi connectivity index (χ0n) is 17.0. The van der Waals surface area contributed by atoms with Crippen molar-refractivity contribution in [2.45, 2.75) is 32.1 Å². The first-order valence-electron chi connectivity index (χ1n) is 10.5. The number of benzene rings is 2. The van der Waals surface area contributed by atoms with Crippen molar-refractivity contribution in [2.24, 2.45) is 5.92 Å². The molecule has 29 heavy (non-hydrogen) atoms. The van der Waals surface area contributed by atoms with Crippen LogP contribution in [0.25, 0.3) is 0 Å². The lowest BCUT2D eigenvalue weighted by Gasteiger charge is -2.36. The van der Waals surface area contributed by atoms with Gasteiger partial charge in [-0.2, -0.15) is 0 Å². The van der Waals surface area contributed by atoms with Gasteiger partial charge in [0.2, 0.25) is 11.8 Å². The van der Waals surface area contributed by atoms with Crippen molar-refractivity contribution in [3.63, 3.8) is 0 Å². The highest BCUT2D eigenvalue weighted by atomic mass is 16.5. The van der Waals surface area contributed by atoms with Gasteiger partial charge in [0.05, 0.1) is 13.5 Å². The van der Waals surface area contributed by atoms with E-state index in [1.54, 1.807) is 7.11 Å². The Morgan fingerprint density at radius 3 is 2.45 bits per heavy atom. The maximum Gasteiger partial charge on any atom is 0.230 e. The van der Waals surface area contributed by atoms with E-state index >= 15 is 0 Å². The van der Waals surface area contributed by atoms with Crippen LogP contribution in [0.2, 0.25) is 0 Å². The summed E-state index contributed by atoms with van der Waals surface area (Å²) >= 11 is 0. The summed E-state index contributed by atoms with van der Waals surface area (Å²) < 4.78 is 5.17. The quantitative estimate of drug-likeness (QED) is 0.801. The van der Waals surface area contributed by atoms with Crippen molar-refractivity contribution in [1.29, 1.82) is 0 Å². The Morgan fingerprint density at radius 1 is 1.00 bits per heavy atom. The summed E-state index contributed by atoms with van der Waals surface area (Å²) in [5.41, 5.74) is 3.32. The normalized spacial score (nSPS) is 17.0. The van der Waals surface area contributed by atoms with E-state index in [-0.39, 0.29) is 17.7 Å². The molecule has 2 aromatic rings. The second kappa shape index (κ2) is 8.68. The largest absolute Gasteiger partial charge is 0.497 e. The van der Waals surface area contributed by atoms with Crippen LogP contribution in [-0.4, -0.2) is 43.5 Å². The standard InChI is InChI=1S/C24H28N2O3/c1-29-21-10-8-18(9-11-21)17-23(27)25-15-12-20(13-16-25)24(28)26-14-4-6-19-5-2-3-7-22(19)26/h2-3,5,7-11,20H,4,6,12-17H2,1H3. The van der Waals surface area contributed by atoms with Gasteiger partial charge in [0, 0.05) is 31.2 Å². The average molecular weight is 392 g/mol. The van der Waals surface area contributed by atoms with Crippen LogP contribution in [0.4, 0.5) is 5.69 Å². The summed E-state index contributed by atoms with van der Waals surface area (Å²) in [6.45, 7) is 2.11. The summed E-state index contributed by atoms with van der Waals surface area (Å²) in [7, 11) is 1.63. The molecule has 2 amide bonds. The van der Waals surface area contributed by atoms with Gasteiger partial charge in [0.25, 0.3) is 0 Å². The molecule has 2 aliphatic heterocycles. The molecule has 1 fully saturated rings. The number of ether oxygens (including phenoxy) is 1. The minimum Gasteiger partial charge on any atom is -0.497 e. The fourth-order valence-electron chi connectivity index (χ4n) is 4.39. The third-order valence-corrected chi connectivity index (χ3v) is 6.09. The van der Waals surface area contributed by atoms with Crippen molar-refractivity contribution in [3.05, 3.63) is 59.7 Å². The van der Waals surface area contributed by atoms with Gasteiger partial charge in [-0.05, 0) is 55.0 Å². The predicted molar refractivity (Wildman–Crippen MR) is 113 cm³/mol. The summed E-state index contributed by atoms with van der Waals surface area (Å²) in [6, 6.07) is 15.8. The Morgan fingerprint density at radius 2 is 1.72 bits per heavy atom. The molecule has 2 aliphatic rings. The highest BCUT2D eigenvalue weighted by Gasteiger charge is 2.32. The fourth-order valence-corrected chi connectivity index (χ4v) is 4.39. The Labute approximate surface area is 172 Å². The van der Waals surface area contributed by atoms with Crippen molar-refractivity contribution >= 4 is 17.5 Å². The van der Waals surface area contributed by atoms with E-state index in [1.165, 1.54) is 5.56 Å². The Bertz CT molecular complexity index is 870. The van der Waals surface area contributed by atoms with Gasteiger partial charge in [-0.1, -0.05) is 30.3 Å². The molecule has 2 heterocycles. The molecule has 0 radical (unpaired) electrons. The molecule has 1 saturated heterocycles. The monoisotopic (exact) mass is 392 g/mol. The van der Waals surface area contributed by atoms with Crippen LogP contribution in [-0.2, 0) is 22.4 Å². The molecule has 0 N–H and O–H groups in total. The molecule has 5 nitrogen and oxygen atoms in total. The smallest absolute Gasteiger partial charge is 0.230 e. The summed E-state index contributed by atoms with van der Waals surface area (Å²) in [4.78, 5) is 29.7. The number of carbonyl (C=O) groups is 2. The highest BCUT2D eigenvalue weighted by Crippen LogP contribution is 2.30. The second-order valence-electron chi connectivity index (χ2n) is 7.90. The number of likely N-dealkylation sites (tertiary alicyclic amines) is 1. The summed E-state index contributed by atoms with van der Waals surface area (Å²) in [6.07, 6.45) is 3.93. The third kappa shape index (κ3) is 4.29. The van der Waals surface area contributed by atoms with E-state index in [4.69, 9.17) is 4.74 Å². The van der Waals surface area contributed by atoms with Gasteiger partial charge in [0.15, 0.2) is 0 Å². The van der Waals surface area contributed by atoms with Crippen LogP contribution in [0.3, 0.4) is 0 Å². The molecule has 152 valence electrons. The molecule has 0 saturated carbocycles. The topological polar surface area (TPSA) is 49.9 Å². The third-order valence-electron chi connectivity index (χ3n) is 6.09. The van der Waals surface area contributed by atoms with Crippen molar-refractivity contribution in [1.82, 2.24) is 4.90 Å². The molecular formula is C24H28N2O3. The minimum absolute atomic E-state index is 0.00573. The first kappa shape index (κ1) is 19.5. The zero-order valence-corrected chi connectivity index (χ0v) is 17.0. The van der Waals surface area contributed by atoms with Gasteiger partial charge in [-0.15, -0.1) is 0 Å². The molecule has 4 rings (SSSR count). The molecular weight excluding hydrogens is 364 g/mol. The maximum atomic E-state index is 13.2. The number of para-hydroxylation sites is 1. The SMILES string of the molecule is COc1ccc(CC(=O)N2CCC(C(=O)N3CCCc4ccccc43)CC2)cc1. The van der Waals surface area contributed by atoms with Gasteiger partial charge in [-0.25, -0.2) is 0 Å². The first-order chi connectivity index (χ1) is 14.2. The van der Waals surface area contributed by atoms with Gasteiger partial charge in [-0.3, -0.25) is 9.59 Å². The number of hydrogen-bond acceptors (Lipinski definition) is 3. The van der Waals surface area contributed by atoms with E-state index in [2.05, 4.69) is 12.1 Å². The number of piperidine rings is 1. The molecule has 0 aliphatic carbocycles.